The normalized spacial score (nSPS) is 37.8. The molecule has 5 rings (SSSR count). The van der Waals surface area contributed by atoms with E-state index >= 15 is 4.39 Å². The fraction of sp³-hybridized carbons (Fsp3) is 1.00. The highest BCUT2D eigenvalue weighted by Gasteiger charge is 2.51. The van der Waals surface area contributed by atoms with Gasteiger partial charge in [-0.2, -0.15) is 13.2 Å². The molecular formula is C34H62F4N8O5S2. The summed E-state index contributed by atoms with van der Waals surface area (Å²) in [5.41, 5.74) is 6.13. The highest BCUT2D eigenvalue weighted by molar-refractivity contribution is 8.00. The molecule has 3 heterocycles. The first-order chi connectivity index (χ1) is 24.9. The highest BCUT2D eigenvalue weighted by atomic mass is 32.2. The second-order valence-electron chi connectivity index (χ2n) is 16.5. The number of alkyl halides is 4. The number of nitro groups is 1. The summed E-state index contributed by atoms with van der Waals surface area (Å²) in [5.74, 6) is -0.0486. The number of rotatable bonds is 14. The van der Waals surface area contributed by atoms with Crippen molar-refractivity contribution < 1.29 is 35.6 Å². The minimum atomic E-state index is -4.27. The molecule has 2 saturated carbocycles. The van der Waals surface area contributed by atoms with E-state index in [9.17, 15) is 31.7 Å². The average molecular weight is 803 g/mol. The lowest BCUT2D eigenvalue weighted by Crippen LogP contribution is -2.75. The van der Waals surface area contributed by atoms with Crippen molar-refractivity contribution in [3.8, 4) is 0 Å². The number of nitrogens with one attached hydrogen (secondary N) is 6. The zero-order valence-electron chi connectivity index (χ0n) is 31.7. The van der Waals surface area contributed by atoms with Crippen LogP contribution in [0.15, 0.2) is 0 Å². The highest BCUT2D eigenvalue weighted by Crippen LogP contribution is 2.44. The molecule has 0 bridgehead atoms. The van der Waals surface area contributed by atoms with E-state index in [1.165, 1.54) is 11.8 Å². The predicted molar refractivity (Wildman–Crippen MR) is 198 cm³/mol. The Balaban J connectivity index is 1.21. The molecule has 0 aromatic carbocycles. The summed E-state index contributed by atoms with van der Waals surface area (Å²) >= 11 is 1.43. The van der Waals surface area contributed by atoms with Crippen molar-refractivity contribution >= 4 is 21.6 Å². The van der Waals surface area contributed by atoms with E-state index in [1.54, 1.807) is 21.0 Å². The predicted octanol–water partition coefficient (Wildman–Crippen LogP) is 3.60. The van der Waals surface area contributed by atoms with Crippen molar-refractivity contribution in [1.82, 2.24) is 37.0 Å². The maximum Gasteiger partial charge on any atom is 0.403 e. The van der Waals surface area contributed by atoms with Gasteiger partial charge in [0.15, 0.2) is 9.84 Å². The summed E-state index contributed by atoms with van der Waals surface area (Å²) in [5, 5.41) is 23.7. The first kappa shape index (κ1) is 43.2. The lowest BCUT2D eigenvalue weighted by Gasteiger charge is -2.50. The molecule has 0 radical (unpaired) electrons. The van der Waals surface area contributed by atoms with Crippen molar-refractivity contribution in [2.45, 2.75) is 174 Å². The van der Waals surface area contributed by atoms with Crippen molar-refractivity contribution in [2.75, 3.05) is 26.7 Å². The van der Waals surface area contributed by atoms with E-state index in [0.717, 1.165) is 39.3 Å². The zero-order valence-corrected chi connectivity index (χ0v) is 33.3. The number of thioether (sulfide) groups is 1. The first-order valence-corrected chi connectivity index (χ1v) is 21.9. The van der Waals surface area contributed by atoms with Crippen LogP contribution in [0, 0.1) is 22.0 Å². The van der Waals surface area contributed by atoms with Crippen LogP contribution in [0.25, 0.3) is 0 Å². The number of nitrogens with zero attached hydrogens (tertiary/aromatic N) is 2. The standard InChI is InChI=1S/C34H62F4N8O5S2/c1-20-17-28(44-43-20)40-30-29(51-5)31(45-15-12-22(13-16-45)11-14-39-21(2)34(36,37)38)42-32(41-30)52-27-10-9-25(19-26(27)35)53(49,50)33(3,4)23-7-6-8-24(18-23)46(47)48/h20-32,39-44H,6-19H2,1-5H3. The van der Waals surface area contributed by atoms with Gasteiger partial charge in [-0.3, -0.25) is 36.4 Å². The van der Waals surface area contributed by atoms with Crippen LogP contribution in [0.5, 0.6) is 0 Å². The van der Waals surface area contributed by atoms with Crippen LogP contribution in [0.4, 0.5) is 17.6 Å². The number of hydrazine groups is 1. The molecule has 0 amide bonds. The van der Waals surface area contributed by atoms with E-state index in [4.69, 9.17) is 4.74 Å². The number of hydrogen-bond acceptors (Lipinski definition) is 13. The third kappa shape index (κ3) is 10.5. The number of hydrogen-bond donors (Lipinski definition) is 6. The molecule has 5 fully saturated rings. The largest absolute Gasteiger partial charge is 0.403 e. The summed E-state index contributed by atoms with van der Waals surface area (Å²) in [4.78, 5) is 13.5. The molecular weight excluding hydrogens is 741 g/mol. The molecule has 2 aliphatic carbocycles. The van der Waals surface area contributed by atoms with Gasteiger partial charge in [0, 0.05) is 36.2 Å². The van der Waals surface area contributed by atoms with Gasteiger partial charge >= 0.3 is 6.18 Å². The Morgan fingerprint density at radius 2 is 1.75 bits per heavy atom. The Hall–Kier alpha value is -0.900. The van der Waals surface area contributed by atoms with Crippen LogP contribution in [0.3, 0.4) is 0 Å². The lowest BCUT2D eigenvalue weighted by molar-refractivity contribution is -0.528. The van der Waals surface area contributed by atoms with Crippen LogP contribution in [0.2, 0.25) is 0 Å². The fourth-order valence-electron chi connectivity index (χ4n) is 9.03. The van der Waals surface area contributed by atoms with E-state index in [2.05, 4.69) is 43.9 Å². The third-order valence-electron chi connectivity index (χ3n) is 12.7. The summed E-state index contributed by atoms with van der Waals surface area (Å²) in [6.45, 7) is 8.33. The molecule has 0 spiro atoms. The van der Waals surface area contributed by atoms with Crippen LogP contribution in [-0.2, 0) is 14.6 Å². The number of piperidine rings is 1. The van der Waals surface area contributed by atoms with Crippen molar-refractivity contribution in [2.24, 2.45) is 11.8 Å². The first-order valence-electron chi connectivity index (χ1n) is 19.4. The minimum absolute atomic E-state index is 0.0374. The summed E-state index contributed by atoms with van der Waals surface area (Å²) in [6, 6.07) is -2.02. The number of halogens is 4. The average Bonchev–Trinajstić information content (AvgIpc) is 3.52. The molecule has 13 nitrogen and oxygen atoms in total. The second kappa shape index (κ2) is 18.1. The van der Waals surface area contributed by atoms with Crippen LogP contribution in [-0.4, -0.2) is 121 Å². The Morgan fingerprint density at radius 1 is 1.04 bits per heavy atom. The van der Waals surface area contributed by atoms with Gasteiger partial charge in [-0.05, 0) is 117 Å². The molecule has 0 aromatic heterocycles. The molecule has 3 aliphatic heterocycles. The van der Waals surface area contributed by atoms with Crippen LogP contribution >= 0.6 is 11.8 Å². The maximum atomic E-state index is 16.1. The zero-order chi connectivity index (χ0) is 38.7. The second-order valence-corrected chi connectivity index (χ2v) is 20.7. The van der Waals surface area contributed by atoms with Crippen molar-refractivity contribution in [1.29, 1.82) is 0 Å². The van der Waals surface area contributed by atoms with Gasteiger partial charge in [-0.15, -0.1) is 11.8 Å². The summed E-state index contributed by atoms with van der Waals surface area (Å²) in [6.07, 6.45) is -0.862. The number of ether oxygens (including phenoxy) is 1. The van der Waals surface area contributed by atoms with Crippen molar-refractivity contribution in [3.05, 3.63) is 10.1 Å². The van der Waals surface area contributed by atoms with Gasteiger partial charge in [0.05, 0.1) is 28.5 Å². The Kier molecular flexibility index (Phi) is 14.8. The molecule has 53 heavy (non-hydrogen) atoms. The SMILES string of the molecule is COC1C(NC2CC(C)NN2)NC(SC2CCC(S(=O)(=O)C(C)(C)C3CCCC([N+](=O)[O-])C3)CC2F)NC1N1CCC(CCNC(C)C(F)(F)F)CC1. The molecule has 12 unspecified atom stereocenters. The number of sulfone groups is 1. The Labute approximate surface area is 316 Å². The van der Waals surface area contributed by atoms with Crippen molar-refractivity contribution in [3.63, 3.8) is 0 Å². The van der Waals surface area contributed by atoms with E-state index in [1.807, 2.05) is 0 Å². The fourth-order valence-corrected chi connectivity index (χ4v) is 12.8. The number of methoxy groups -OCH3 is 1. The van der Waals surface area contributed by atoms with Gasteiger partial charge in [-0.25, -0.2) is 18.2 Å². The molecule has 5 aliphatic rings. The molecule has 12 atom stereocenters. The molecule has 3 saturated heterocycles. The smallest absolute Gasteiger partial charge is 0.375 e. The van der Waals surface area contributed by atoms with E-state index in [-0.39, 0.29) is 59.8 Å². The van der Waals surface area contributed by atoms with Gasteiger partial charge < -0.3 is 10.1 Å². The summed E-state index contributed by atoms with van der Waals surface area (Å²) in [7, 11) is -2.12. The van der Waals surface area contributed by atoms with Crippen LogP contribution in [0.1, 0.15) is 98.3 Å². The molecule has 6 N–H and O–H groups in total. The van der Waals surface area contributed by atoms with Gasteiger partial charge in [0.1, 0.15) is 23.8 Å². The minimum Gasteiger partial charge on any atom is -0.375 e. The Bertz CT molecular complexity index is 1310. The molecule has 0 aromatic rings. The van der Waals surface area contributed by atoms with E-state index in [0.29, 0.717) is 51.0 Å². The maximum absolute atomic E-state index is 16.1. The monoisotopic (exact) mass is 802 g/mol. The third-order valence-corrected chi connectivity index (χ3v) is 17.2. The van der Waals surface area contributed by atoms with Gasteiger partial charge in [-0.1, -0.05) is 0 Å². The number of likely N-dealkylation sites (tertiary alicyclic amines) is 1. The quantitative estimate of drug-likeness (QED) is 0.0860. The molecule has 308 valence electrons. The van der Waals surface area contributed by atoms with Crippen LogP contribution < -0.4 is 32.1 Å². The Morgan fingerprint density at radius 3 is 2.36 bits per heavy atom. The molecule has 19 heteroatoms. The van der Waals surface area contributed by atoms with E-state index < -0.39 is 49.5 Å². The van der Waals surface area contributed by atoms with Gasteiger partial charge in [0.25, 0.3) is 0 Å². The van der Waals surface area contributed by atoms with Gasteiger partial charge in [0.2, 0.25) is 6.04 Å². The lowest BCUT2D eigenvalue weighted by atomic mass is 9.79. The topological polar surface area (TPSA) is 162 Å². The summed E-state index contributed by atoms with van der Waals surface area (Å²) < 4.78 is 88.0.